The van der Waals surface area contributed by atoms with Gasteiger partial charge in [-0.15, -0.1) is 0 Å². The molecule has 0 amide bonds. The highest BCUT2D eigenvalue weighted by Crippen LogP contribution is 2.19. The van der Waals surface area contributed by atoms with Crippen LogP contribution in [0.5, 0.6) is 0 Å². The zero-order chi connectivity index (χ0) is 14.7. The molecule has 0 bridgehead atoms. The van der Waals surface area contributed by atoms with Crippen molar-refractivity contribution in [1.29, 1.82) is 0 Å². The molecule has 0 fully saturated rings. The van der Waals surface area contributed by atoms with Gasteiger partial charge in [0, 0.05) is 5.69 Å². The molecule has 20 heavy (non-hydrogen) atoms. The fraction of sp³-hybridized carbons (Fsp3) is 0.375. The second kappa shape index (κ2) is 5.90. The van der Waals surface area contributed by atoms with E-state index in [4.69, 9.17) is 5.11 Å². The van der Waals surface area contributed by atoms with E-state index in [1.807, 2.05) is 12.1 Å². The van der Waals surface area contributed by atoms with Gasteiger partial charge in [0.1, 0.15) is 0 Å². The normalized spacial score (nSPS) is 11.0. The third-order valence-corrected chi connectivity index (χ3v) is 3.31. The van der Waals surface area contributed by atoms with Crippen LogP contribution in [-0.2, 0) is 6.42 Å². The maximum absolute atomic E-state index is 11.1. The minimum atomic E-state index is -0.986. The van der Waals surface area contributed by atoms with Gasteiger partial charge in [-0.25, -0.2) is 9.48 Å². The van der Waals surface area contributed by atoms with Crippen molar-refractivity contribution in [2.45, 2.75) is 39.5 Å². The first-order valence-corrected chi connectivity index (χ1v) is 6.95. The van der Waals surface area contributed by atoms with Gasteiger partial charge in [0.25, 0.3) is 0 Å². The van der Waals surface area contributed by atoms with Crippen LogP contribution in [0.1, 0.15) is 54.9 Å². The number of carboxylic acids is 1. The van der Waals surface area contributed by atoms with Gasteiger partial charge in [-0.1, -0.05) is 39.3 Å². The highest BCUT2D eigenvalue weighted by Gasteiger charge is 2.14. The van der Waals surface area contributed by atoms with E-state index in [2.05, 4.69) is 38.0 Å². The summed E-state index contributed by atoms with van der Waals surface area (Å²) in [6, 6.07) is 9.78. The van der Waals surface area contributed by atoms with Crippen molar-refractivity contribution in [3.63, 3.8) is 0 Å². The van der Waals surface area contributed by atoms with Crippen LogP contribution < -0.4 is 0 Å². The molecule has 2 aromatic rings. The van der Waals surface area contributed by atoms with Crippen LogP contribution in [0, 0.1) is 0 Å². The van der Waals surface area contributed by atoms with E-state index in [1.165, 1.54) is 5.56 Å². The third kappa shape index (κ3) is 2.90. The van der Waals surface area contributed by atoms with Crippen LogP contribution in [0.25, 0.3) is 5.69 Å². The average molecular weight is 272 g/mol. The molecule has 2 rings (SSSR count). The van der Waals surface area contributed by atoms with Gasteiger partial charge in [-0.05, 0) is 36.1 Å². The van der Waals surface area contributed by atoms with Crippen LogP contribution >= 0.6 is 0 Å². The van der Waals surface area contributed by atoms with Crippen LogP contribution in [0.15, 0.2) is 30.3 Å². The van der Waals surface area contributed by atoms with E-state index in [0.29, 0.717) is 5.92 Å². The molecule has 0 saturated heterocycles. The Morgan fingerprint density at radius 2 is 1.95 bits per heavy atom. The lowest BCUT2D eigenvalue weighted by Gasteiger charge is -2.09. The number of benzene rings is 1. The molecule has 0 aliphatic heterocycles. The fourth-order valence-electron chi connectivity index (χ4n) is 2.18. The molecule has 0 atom stereocenters. The van der Waals surface area contributed by atoms with Gasteiger partial charge in [0.15, 0.2) is 5.69 Å². The molecule has 4 nitrogen and oxygen atoms in total. The van der Waals surface area contributed by atoms with Gasteiger partial charge in [0.2, 0.25) is 0 Å². The fourth-order valence-corrected chi connectivity index (χ4v) is 2.18. The number of aromatic carboxylic acids is 1. The Morgan fingerprint density at radius 1 is 1.30 bits per heavy atom. The number of hydrogen-bond donors (Lipinski definition) is 1. The Labute approximate surface area is 119 Å². The molecule has 1 aromatic carbocycles. The van der Waals surface area contributed by atoms with Crippen LogP contribution in [-0.4, -0.2) is 20.9 Å². The van der Waals surface area contributed by atoms with Crippen LogP contribution in [0.4, 0.5) is 0 Å². The smallest absolute Gasteiger partial charge is 0.356 e. The summed E-state index contributed by atoms with van der Waals surface area (Å²) in [6.45, 7) is 6.36. The maximum atomic E-state index is 11.1. The molecule has 0 unspecified atom stereocenters. The second-order valence-electron chi connectivity index (χ2n) is 5.23. The first-order valence-electron chi connectivity index (χ1n) is 6.95. The molecule has 0 spiro atoms. The number of nitrogens with zero attached hydrogens (tertiary/aromatic N) is 2. The minimum Gasteiger partial charge on any atom is -0.476 e. The maximum Gasteiger partial charge on any atom is 0.356 e. The van der Waals surface area contributed by atoms with Crippen molar-refractivity contribution in [2.75, 3.05) is 0 Å². The first-order chi connectivity index (χ1) is 9.52. The molecule has 1 heterocycles. The highest BCUT2D eigenvalue weighted by atomic mass is 16.4. The van der Waals surface area contributed by atoms with Gasteiger partial charge < -0.3 is 5.11 Å². The van der Waals surface area contributed by atoms with Crippen LogP contribution in [0.2, 0.25) is 0 Å². The quantitative estimate of drug-likeness (QED) is 0.904. The summed E-state index contributed by atoms with van der Waals surface area (Å²) in [7, 11) is 0. The predicted octanol–water partition coefficient (Wildman–Crippen LogP) is 3.65. The van der Waals surface area contributed by atoms with Crippen molar-refractivity contribution < 1.29 is 9.90 Å². The van der Waals surface area contributed by atoms with Gasteiger partial charge >= 0.3 is 5.97 Å². The summed E-state index contributed by atoms with van der Waals surface area (Å²) in [5.74, 6) is -0.508. The zero-order valence-electron chi connectivity index (χ0n) is 12.1. The number of carbonyl (C=O) groups is 1. The average Bonchev–Trinajstić information content (AvgIpc) is 2.83. The second-order valence-corrected chi connectivity index (χ2v) is 5.23. The first kappa shape index (κ1) is 14.3. The topological polar surface area (TPSA) is 55.1 Å². The van der Waals surface area contributed by atoms with Crippen molar-refractivity contribution in [3.8, 4) is 5.69 Å². The monoisotopic (exact) mass is 272 g/mol. The lowest BCUT2D eigenvalue weighted by atomic mass is 10.0. The highest BCUT2D eigenvalue weighted by molar-refractivity contribution is 5.85. The molecular formula is C16H20N2O2. The van der Waals surface area contributed by atoms with Crippen molar-refractivity contribution in [2.24, 2.45) is 0 Å². The van der Waals surface area contributed by atoms with E-state index in [-0.39, 0.29) is 5.69 Å². The Morgan fingerprint density at radius 3 is 2.45 bits per heavy atom. The lowest BCUT2D eigenvalue weighted by molar-refractivity contribution is 0.0690. The molecule has 106 valence electrons. The standard InChI is InChI=1S/C16H20N2O2/c1-4-5-14-10-15(16(19)20)17-18(14)13-8-6-12(7-9-13)11(2)3/h6-11H,4-5H2,1-3H3,(H,19,20). The van der Waals surface area contributed by atoms with Gasteiger partial charge in [-0.3, -0.25) is 0 Å². The minimum absolute atomic E-state index is 0.0985. The Hall–Kier alpha value is -2.10. The third-order valence-electron chi connectivity index (χ3n) is 3.31. The summed E-state index contributed by atoms with van der Waals surface area (Å²) >= 11 is 0. The predicted molar refractivity (Wildman–Crippen MR) is 78.6 cm³/mol. The molecule has 1 N–H and O–H groups in total. The Balaban J connectivity index is 2.42. The molecule has 0 aliphatic rings. The van der Waals surface area contributed by atoms with Crippen molar-refractivity contribution in [3.05, 3.63) is 47.3 Å². The van der Waals surface area contributed by atoms with Gasteiger partial charge in [0.05, 0.1) is 5.69 Å². The van der Waals surface area contributed by atoms with Crippen molar-refractivity contribution in [1.82, 2.24) is 9.78 Å². The largest absolute Gasteiger partial charge is 0.476 e. The van der Waals surface area contributed by atoms with E-state index in [0.717, 1.165) is 24.2 Å². The molecular weight excluding hydrogens is 252 g/mol. The van der Waals surface area contributed by atoms with E-state index in [9.17, 15) is 4.79 Å². The number of rotatable bonds is 5. The number of aromatic nitrogens is 2. The summed E-state index contributed by atoms with van der Waals surface area (Å²) < 4.78 is 1.73. The lowest BCUT2D eigenvalue weighted by Crippen LogP contribution is -2.04. The molecule has 0 radical (unpaired) electrons. The molecule has 0 saturated carbocycles. The summed E-state index contributed by atoms with van der Waals surface area (Å²) in [4.78, 5) is 11.1. The van der Waals surface area contributed by atoms with E-state index >= 15 is 0 Å². The van der Waals surface area contributed by atoms with Crippen LogP contribution in [0.3, 0.4) is 0 Å². The van der Waals surface area contributed by atoms with Crippen molar-refractivity contribution >= 4 is 5.97 Å². The van der Waals surface area contributed by atoms with E-state index < -0.39 is 5.97 Å². The Bertz CT molecular complexity index is 597. The van der Waals surface area contributed by atoms with E-state index in [1.54, 1.807) is 10.7 Å². The number of aryl methyl sites for hydroxylation is 1. The molecule has 1 aromatic heterocycles. The summed E-state index contributed by atoms with van der Waals surface area (Å²) in [5, 5.41) is 13.3. The zero-order valence-corrected chi connectivity index (χ0v) is 12.1. The number of hydrogen-bond acceptors (Lipinski definition) is 2. The molecule has 0 aliphatic carbocycles. The molecule has 4 heteroatoms. The summed E-state index contributed by atoms with van der Waals surface area (Å²) in [6.07, 6.45) is 1.76. The summed E-state index contributed by atoms with van der Waals surface area (Å²) in [5.41, 5.74) is 3.20. The number of carboxylic acid groups (broad SMARTS) is 1. The SMILES string of the molecule is CCCc1cc(C(=O)O)nn1-c1ccc(C(C)C)cc1. The Kier molecular flexibility index (Phi) is 4.23. The van der Waals surface area contributed by atoms with Gasteiger partial charge in [-0.2, -0.15) is 5.10 Å².